The summed E-state index contributed by atoms with van der Waals surface area (Å²) in [6, 6.07) is 4.77. The van der Waals surface area contributed by atoms with Gasteiger partial charge in [-0.3, -0.25) is 9.10 Å². The number of amides is 1. The molecule has 8 heteroatoms. The SMILES string of the molecule is CCC(C)(NC(=O)c1ccc2c(c1)CCCN2S(C)(=O)=O)C(=O)O. The summed E-state index contributed by atoms with van der Waals surface area (Å²) in [5.74, 6) is -1.58. The molecule has 1 aromatic rings. The molecule has 0 radical (unpaired) electrons. The lowest BCUT2D eigenvalue weighted by molar-refractivity contribution is -0.143. The Morgan fingerprint density at radius 2 is 2.04 bits per heavy atom. The Morgan fingerprint density at radius 3 is 2.58 bits per heavy atom. The van der Waals surface area contributed by atoms with Crippen LogP contribution in [0.3, 0.4) is 0 Å². The van der Waals surface area contributed by atoms with Crippen molar-refractivity contribution in [3.63, 3.8) is 0 Å². The van der Waals surface area contributed by atoms with Gasteiger partial charge in [-0.1, -0.05) is 6.92 Å². The highest BCUT2D eigenvalue weighted by Crippen LogP contribution is 2.30. The summed E-state index contributed by atoms with van der Waals surface area (Å²) in [5, 5.41) is 11.8. The number of aliphatic carboxylic acids is 1. The van der Waals surface area contributed by atoms with Gasteiger partial charge in [-0.2, -0.15) is 0 Å². The van der Waals surface area contributed by atoms with Crippen LogP contribution in [0.5, 0.6) is 0 Å². The third-order valence-electron chi connectivity index (χ3n) is 4.39. The molecular formula is C16H22N2O5S. The Bertz CT molecular complexity index is 775. The van der Waals surface area contributed by atoms with Gasteiger partial charge in [0.2, 0.25) is 10.0 Å². The Hall–Kier alpha value is -2.09. The van der Waals surface area contributed by atoms with Gasteiger partial charge in [-0.05, 0) is 49.9 Å². The van der Waals surface area contributed by atoms with E-state index in [1.165, 1.54) is 17.3 Å². The van der Waals surface area contributed by atoms with Crippen molar-refractivity contribution in [3.05, 3.63) is 29.3 Å². The van der Waals surface area contributed by atoms with Crippen LogP contribution in [0.1, 0.15) is 42.6 Å². The Morgan fingerprint density at radius 1 is 1.38 bits per heavy atom. The van der Waals surface area contributed by atoms with E-state index in [9.17, 15) is 23.1 Å². The molecule has 1 heterocycles. The van der Waals surface area contributed by atoms with Gasteiger partial charge in [0, 0.05) is 12.1 Å². The van der Waals surface area contributed by atoms with E-state index < -0.39 is 27.4 Å². The second-order valence-corrected chi connectivity index (χ2v) is 8.13. The highest BCUT2D eigenvalue weighted by Gasteiger charge is 2.33. The van der Waals surface area contributed by atoms with Gasteiger partial charge in [0.05, 0.1) is 11.9 Å². The average molecular weight is 354 g/mol. The van der Waals surface area contributed by atoms with Crippen LogP contribution in [0.25, 0.3) is 0 Å². The minimum Gasteiger partial charge on any atom is -0.480 e. The van der Waals surface area contributed by atoms with Gasteiger partial charge in [0.1, 0.15) is 5.54 Å². The number of carboxylic acids is 1. The van der Waals surface area contributed by atoms with E-state index >= 15 is 0 Å². The molecule has 1 amide bonds. The Kier molecular flexibility index (Phi) is 4.89. The first-order valence-electron chi connectivity index (χ1n) is 7.75. The summed E-state index contributed by atoms with van der Waals surface area (Å²) in [6.07, 6.45) is 2.75. The Balaban J connectivity index is 2.32. The second-order valence-electron chi connectivity index (χ2n) is 6.23. The van der Waals surface area contributed by atoms with E-state index in [4.69, 9.17) is 0 Å². The van der Waals surface area contributed by atoms with Crippen molar-refractivity contribution in [1.29, 1.82) is 0 Å². The molecule has 1 unspecified atom stereocenters. The molecule has 7 nitrogen and oxygen atoms in total. The normalized spacial score (nSPS) is 16.9. The van der Waals surface area contributed by atoms with Crippen molar-refractivity contribution in [2.24, 2.45) is 0 Å². The number of rotatable bonds is 5. The second kappa shape index (κ2) is 6.43. The number of fused-ring (bicyclic) bond motifs is 1. The predicted octanol–water partition coefficient (Wildman–Crippen LogP) is 1.38. The highest BCUT2D eigenvalue weighted by molar-refractivity contribution is 7.92. The van der Waals surface area contributed by atoms with Crippen LogP contribution in [0.15, 0.2) is 18.2 Å². The number of sulfonamides is 1. The molecule has 132 valence electrons. The molecule has 0 aromatic heterocycles. The van der Waals surface area contributed by atoms with E-state index in [0.717, 1.165) is 11.8 Å². The molecule has 0 saturated heterocycles. The van der Waals surface area contributed by atoms with Gasteiger partial charge in [0.25, 0.3) is 5.91 Å². The summed E-state index contributed by atoms with van der Waals surface area (Å²) in [6.45, 7) is 3.56. The number of carbonyl (C=O) groups excluding carboxylic acids is 1. The first-order chi connectivity index (χ1) is 11.1. The minimum atomic E-state index is -3.36. The van der Waals surface area contributed by atoms with Gasteiger partial charge in [-0.25, -0.2) is 13.2 Å². The number of carbonyl (C=O) groups is 2. The molecule has 2 rings (SSSR count). The van der Waals surface area contributed by atoms with E-state index in [-0.39, 0.29) is 6.42 Å². The number of aryl methyl sites for hydroxylation is 1. The molecule has 1 aliphatic rings. The average Bonchev–Trinajstić information content (AvgIpc) is 2.52. The number of benzene rings is 1. The molecule has 1 aromatic carbocycles. The zero-order chi connectivity index (χ0) is 18.1. The molecular weight excluding hydrogens is 332 g/mol. The van der Waals surface area contributed by atoms with Crippen molar-refractivity contribution in [1.82, 2.24) is 5.32 Å². The number of carboxylic acid groups (broad SMARTS) is 1. The minimum absolute atomic E-state index is 0.251. The number of hydrogen-bond acceptors (Lipinski definition) is 4. The molecule has 2 N–H and O–H groups in total. The maximum atomic E-state index is 12.4. The largest absolute Gasteiger partial charge is 0.480 e. The standard InChI is InChI=1S/C16H22N2O5S/c1-4-16(2,15(20)21)17-14(19)12-7-8-13-11(10-12)6-5-9-18(13)24(3,22)23/h7-8,10H,4-6,9H2,1-3H3,(H,17,19)(H,20,21). The molecule has 24 heavy (non-hydrogen) atoms. The quantitative estimate of drug-likeness (QED) is 0.831. The predicted molar refractivity (Wildman–Crippen MR) is 90.8 cm³/mol. The van der Waals surface area contributed by atoms with Gasteiger partial charge in [0.15, 0.2) is 0 Å². The lowest BCUT2D eigenvalue weighted by atomic mass is 9.97. The number of nitrogens with zero attached hydrogens (tertiary/aromatic N) is 1. The Labute approximate surface area is 141 Å². The van der Waals surface area contributed by atoms with Crippen LogP contribution in [0.4, 0.5) is 5.69 Å². The summed E-state index contributed by atoms with van der Waals surface area (Å²) in [7, 11) is -3.36. The van der Waals surface area contributed by atoms with Gasteiger partial charge >= 0.3 is 5.97 Å². The van der Waals surface area contributed by atoms with Gasteiger partial charge < -0.3 is 10.4 Å². The maximum Gasteiger partial charge on any atom is 0.329 e. The van der Waals surface area contributed by atoms with Crippen molar-refractivity contribution in [3.8, 4) is 0 Å². The van der Waals surface area contributed by atoms with E-state index in [2.05, 4.69) is 5.32 Å². The van der Waals surface area contributed by atoms with Gasteiger partial charge in [-0.15, -0.1) is 0 Å². The summed E-state index contributed by atoms with van der Waals surface area (Å²) < 4.78 is 25.0. The number of nitrogens with one attached hydrogen (secondary N) is 1. The van der Waals surface area contributed by atoms with E-state index in [1.807, 2.05) is 0 Å². The van der Waals surface area contributed by atoms with E-state index in [0.29, 0.717) is 30.6 Å². The van der Waals surface area contributed by atoms with Crippen molar-refractivity contribution in [2.45, 2.75) is 38.6 Å². The van der Waals surface area contributed by atoms with Crippen molar-refractivity contribution < 1.29 is 23.1 Å². The first kappa shape index (κ1) is 18.3. The molecule has 0 spiro atoms. The molecule has 0 saturated carbocycles. The number of anilines is 1. The smallest absolute Gasteiger partial charge is 0.329 e. The fourth-order valence-corrected chi connectivity index (χ4v) is 3.66. The zero-order valence-corrected chi connectivity index (χ0v) is 14.8. The lowest BCUT2D eigenvalue weighted by Gasteiger charge is -2.30. The van der Waals surface area contributed by atoms with Crippen LogP contribution in [-0.4, -0.2) is 43.7 Å². The summed E-state index contributed by atoms with van der Waals surface area (Å²) in [5.41, 5.74) is 0.334. The zero-order valence-electron chi connectivity index (χ0n) is 14.0. The van der Waals surface area contributed by atoms with Crippen LogP contribution in [-0.2, 0) is 21.2 Å². The number of hydrogen-bond donors (Lipinski definition) is 2. The van der Waals surface area contributed by atoms with E-state index in [1.54, 1.807) is 19.1 Å². The highest BCUT2D eigenvalue weighted by atomic mass is 32.2. The van der Waals surface area contributed by atoms with Crippen LogP contribution < -0.4 is 9.62 Å². The monoisotopic (exact) mass is 354 g/mol. The maximum absolute atomic E-state index is 12.4. The first-order valence-corrected chi connectivity index (χ1v) is 9.60. The molecule has 1 aliphatic heterocycles. The lowest BCUT2D eigenvalue weighted by Crippen LogP contribution is -2.51. The fraction of sp³-hybridized carbons (Fsp3) is 0.500. The van der Waals surface area contributed by atoms with Crippen molar-refractivity contribution in [2.75, 3.05) is 17.1 Å². The van der Waals surface area contributed by atoms with Crippen LogP contribution in [0, 0.1) is 0 Å². The fourth-order valence-electron chi connectivity index (χ4n) is 2.66. The molecule has 1 atom stereocenters. The van der Waals surface area contributed by atoms with Crippen LogP contribution in [0.2, 0.25) is 0 Å². The molecule has 0 bridgehead atoms. The third kappa shape index (κ3) is 3.53. The summed E-state index contributed by atoms with van der Waals surface area (Å²) in [4.78, 5) is 23.7. The van der Waals surface area contributed by atoms with Crippen LogP contribution >= 0.6 is 0 Å². The van der Waals surface area contributed by atoms with Crippen molar-refractivity contribution >= 4 is 27.6 Å². The molecule has 0 fully saturated rings. The topological polar surface area (TPSA) is 104 Å². The third-order valence-corrected chi connectivity index (χ3v) is 5.57. The summed E-state index contributed by atoms with van der Waals surface area (Å²) >= 11 is 0. The molecule has 0 aliphatic carbocycles.